The van der Waals surface area contributed by atoms with Gasteiger partial charge in [-0.15, -0.1) is 0 Å². The zero-order chi connectivity index (χ0) is 11.9. The second kappa shape index (κ2) is 3.85. The van der Waals surface area contributed by atoms with Gasteiger partial charge >= 0.3 is 0 Å². The molecule has 0 saturated carbocycles. The van der Waals surface area contributed by atoms with Crippen LogP contribution < -0.4 is 0 Å². The highest BCUT2D eigenvalue weighted by atomic mass is 16.7. The summed E-state index contributed by atoms with van der Waals surface area (Å²) in [6, 6.07) is 0. The van der Waals surface area contributed by atoms with Crippen molar-refractivity contribution in [2.45, 2.75) is 52.6 Å². The summed E-state index contributed by atoms with van der Waals surface area (Å²) in [6.45, 7) is 8.82. The van der Waals surface area contributed by atoms with Crippen molar-refractivity contribution in [1.29, 1.82) is 0 Å². The van der Waals surface area contributed by atoms with E-state index in [1.54, 1.807) is 27.7 Å². The number of carbonyl (C=O) groups is 1. The van der Waals surface area contributed by atoms with Crippen LogP contribution in [0.15, 0.2) is 0 Å². The third-order valence-corrected chi connectivity index (χ3v) is 3.03. The van der Waals surface area contributed by atoms with Gasteiger partial charge in [-0.1, -0.05) is 13.8 Å². The molecule has 1 aliphatic heterocycles. The van der Waals surface area contributed by atoms with Gasteiger partial charge in [0.1, 0.15) is 11.9 Å². The molecule has 0 aromatic carbocycles. The molecule has 0 amide bonds. The van der Waals surface area contributed by atoms with Gasteiger partial charge in [-0.05, 0) is 20.8 Å². The first kappa shape index (κ1) is 12.6. The van der Waals surface area contributed by atoms with E-state index < -0.39 is 23.4 Å². The van der Waals surface area contributed by atoms with Crippen molar-refractivity contribution in [3.8, 4) is 0 Å². The minimum Gasteiger partial charge on any atom is -0.389 e. The lowest BCUT2D eigenvalue weighted by Gasteiger charge is -2.31. The minimum atomic E-state index is -0.836. The van der Waals surface area contributed by atoms with Crippen molar-refractivity contribution in [3.63, 3.8) is 0 Å². The van der Waals surface area contributed by atoms with E-state index in [4.69, 9.17) is 9.47 Å². The van der Waals surface area contributed by atoms with Crippen LogP contribution in [-0.2, 0) is 14.3 Å². The molecule has 1 fully saturated rings. The van der Waals surface area contributed by atoms with Crippen LogP contribution in [0.5, 0.6) is 0 Å². The van der Waals surface area contributed by atoms with Gasteiger partial charge in [0.2, 0.25) is 0 Å². The molecule has 1 rings (SSSR count). The summed E-state index contributed by atoms with van der Waals surface area (Å²) in [4.78, 5) is 11.4. The van der Waals surface area contributed by atoms with Gasteiger partial charge in [-0.25, -0.2) is 0 Å². The SMILES string of the molecule is CC(=O)C(C)(C)[C@@H](O)[C@@H]1COC(C)(C)O1. The highest BCUT2D eigenvalue weighted by molar-refractivity contribution is 5.82. The molecule has 0 aliphatic carbocycles. The van der Waals surface area contributed by atoms with E-state index >= 15 is 0 Å². The number of rotatable bonds is 3. The lowest BCUT2D eigenvalue weighted by molar-refractivity contribution is -0.165. The Morgan fingerprint density at radius 3 is 2.40 bits per heavy atom. The van der Waals surface area contributed by atoms with E-state index in [0.717, 1.165) is 0 Å². The Morgan fingerprint density at radius 1 is 1.53 bits per heavy atom. The molecule has 0 spiro atoms. The highest BCUT2D eigenvalue weighted by Gasteiger charge is 2.44. The van der Waals surface area contributed by atoms with Gasteiger partial charge in [0, 0.05) is 0 Å². The predicted octanol–water partition coefficient (Wildman–Crippen LogP) is 1.11. The minimum absolute atomic E-state index is 0.0525. The number of carbonyl (C=O) groups excluding carboxylic acids is 1. The van der Waals surface area contributed by atoms with Gasteiger partial charge in [-0.2, -0.15) is 0 Å². The van der Waals surface area contributed by atoms with E-state index in [9.17, 15) is 9.90 Å². The Hall–Kier alpha value is -0.450. The Balaban J connectivity index is 2.70. The summed E-state index contributed by atoms with van der Waals surface area (Å²) in [6.07, 6.45) is -1.27. The van der Waals surface area contributed by atoms with Crippen LogP contribution >= 0.6 is 0 Å². The first-order chi connectivity index (χ1) is 6.67. The summed E-state index contributed by atoms with van der Waals surface area (Å²) >= 11 is 0. The maximum Gasteiger partial charge on any atom is 0.163 e. The number of ketones is 1. The van der Waals surface area contributed by atoms with Crippen LogP contribution in [0.4, 0.5) is 0 Å². The van der Waals surface area contributed by atoms with Gasteiger partial charge in [0.15, 0.2) is 5.79 Å². The van der Waals surface area contributed by atoms with Crippen LogP contribution in [0, 0.1) is 5.41 Å². The topological polar surface area (TPSA) is 55.8 Å². The number of hydrogen-bond donors (Lipinski definition) is 1. The Kier molecular flexibility index (Phi) is 3.24. The maximum absolute atomic E-state index is 11.4. The third-order valence-electron chi connectivity index (χ3n) is 3.03. The van der Waals surface area contributed by atoms with Crippen LogP contribution in [0.2, 0.25) is 0 Å². The molecule has 0 bridgehead atoms. The van der Waals surface area contributed by atoms with Crippen LogP contribution in [-0.4, -0.2) is 35.5 Å². The van der Waals surface area contributed by atoms with Crippen LogP contribution in [0.25, 0.3) is 0 Å². The monoisotopic (exact) mass is 216 g/mol. The summed E-state index contributed by atoms with van der Waals surface area (Å²) in [5.74, 6) is -0.721. The zero-order valence-corrected chi connectivity index (χ0v) is 10.0. The fraction of sp³-hybridized carbons (Fsp3) is 0.909. The molecular weight excluding hydrogens is 196 g/mol. The fourth-order valence-electron chi connectivity index (χ4n) is 1.54. The van der Waals surface area contributed by atoms with Gasteiger partial charge in [0.25, 0.3) is 0 Å². The molecule has 1 saturated heterocycles. The number of aliphatic hydroxyl groups excluding tert-OH is 1. The molecule has 0 radical (unpaired) electrons. The molecule has 0 aromatic rings. The van der Waals surface area contributed by atoms with Crippen molar-refractivity contribution in [2.75, 3.05) is 6.61 Å². The van der Waals surface area contributed by atoms with Crippen LogP contribution in [0.3, 0.4) is 0 Å². The molecule has 15 heavy (non-hydrogen) atoms. The van der Waals surface area contributed by atoms with E-state index in [1.165, 1.54) is 6.92 Å². The lowest BCUT2D eigenvalue weighted by Crippen LogP contribution is -2.45. The second-order valence-corrected chi connectivity index (χ2v) is 5.09. The molecule has 0 aromatic heterocycles. The summed E-state index contributed by atoms with van der Waals surface area (Å²) in [5.41, 5.74) is -0.797. The molecule has 4 nitrogen and oxygen atoms in total. The normalized spacial score (nSPS) is 27.7. The summed E-state index contributed by atoms with van der Waals surface area (Å²) in [7, 11) is 0. The second-order valence-electron chi connectivity index (χ2n) is 5.09. The number of ether oxygens (including phenoxy) is 2. The fourth-order valence-corrected chi connectivity index (χ4v) is 1.54. The Bertz CT molecular complexity index is 257. The zero-order valence-electron chi connectivity index (χ0n) is 10.0. The number of hydrogen-bond acceptors (Lipinski definition) is 4. The smallest absolute Gasteiger partial charge is 0.163 e. The lowest BCUT2D eigenvalue weighted by atomic mass is 9.80. The number of aliphatic hydroxyl groups is 1. The quantitative estimate of drug-likeness (QED) is 0.768. The van der Waals surface area contributed by atoms with Gasteiger partial charge in [-0.3, -0.25) is 4.79 Å². The predicted molar refractivity (Wildman–Crippen MR) is 55.4 cm³/mol. The molecular formula is C11H20O4. The third kappa shape index (κ3) is 2.56. The van der Waals surface area contributed by atoms with E-state index in [0.29, 0.717) is 6.61 Å². The summed E-state index contributed by atoms with van der Waals surface area (Å²) < 4.78 is 10.9. The largest absolute Gasteiger partial charge is 0.389 e. The standard InChI is InChI=1S/C11H20O4/c1-7(12)10(2,3)9(13)8-6-14-11(4,5)15-8/h8-9,13H,6H2,1-5H3/t8-,9-/m0/s1. The average Bonchev–Trinajstić information content (AvgIpc) is 2.44. The molecule has 1 N–H and O–H groups in total. The molecule has 2 atom stereocenters. The Labute approximate surface area is 90.6 Å². The van der Waals surface area contributed by atoms with Gasteiger partial charge < -0.3 is 14.6 Å². The van der Waals surface area contributed by atoms with Crippen molar-refractivity contribution in [3.05, 3.63) is 0 Å². The number of Topliss-reactive ketones (excluding diaryl/α,β-unsaturated/α-hetero) is 1. The van der Waals surface area contributed by atoms with Gasteiger partial charge in [0.05, 0.1) is 18.1 Å². The first-order valence-electron chi connectivity index (χ1n) is 5.18. The first-order valence-corrected chi connectivity index (χ1v) is 5.18. The Morgan fingerprint density at radius 2 is 2.07 bits per heavy atom. The molecule has 1 aliphatic rings. The molecule has 88 valence electrons. The van der Waals surface area contributed by atoms with Crippen molar-refractivity contribution in [1.82, 2.24) is 0 Å². The van der Waals surface area contributed by atoms with Crippen molar-refractivity contribution in [2.24, 2.45) is 5.41 Å². The van der Waals surface area contributed by atoms with E-state index in [1.807, 2.05) is 0 Å². The maximum atomic E-state index is 11.4. The van der Waals surface area contributed by atoms with E-state index in [2.05, 4.69) is 0 Å². The van der Waals surface area contributed by atoms with Crippen molar-refractivity contribution >= 4 is 5.78 Å². The van der Waals surface area contributed by atoms with Crippen molar-refractivity contribution < 1.29 is 19.4 Å². The molecule has 1 heterocycles. The summed E-state index contributed by atoms with van der Waals surface area (Å²) in [5, 5.41) is 10.1. The average molecular weight is 216 g/mol. The molecule has 0 unspecified atom stereocenters. The molecule has 4 heteroatoms. The highest BCUT2D eigenvalue weighted by Crippen LogP contribution is 2.32. The van der Waals surface area contributed by atoms with E-state index in [-0.39, 0.29) is 5.78 Å². The van der Waals surface area contributed by atoms with Crippen LogP contribution in [0.1, 0.15) is 34.6 Å².